The molecular weight excluding hydrogens is 325 g/mol. The molecule has 0 radical (unpaired) electrons. The molecule has 2 rings (SSSR count). The Morgan fingerprint density at radius 1 is 1.00 bits per heavy atom. The second-order valence-corrected chi connectivity index (χ2v) is 5.79. The maximum Gasteiger partial charge on any atom is 0.126 e. The molecule has 0 aliphatic heterocycles. The average Bonchev–Trinajstić information content (AvgIpc) is 2.53. The van der Waals surface area contributed by atoms with Gasteiger partial charge in [0.15, 0.2) is 0 Å². The fourth-order valence-electron chi connectivity index (χ4n) is 2.26. The van der Waals surface area contributed by atoms with E-state index in [9.17, 15) is 4.39 Å². The molecule has 0 fully saturated rings. The molecule has 130 valence electrons. The summed E-state index contributed by atoms with van der Waals surface area (Å²) in [4.78, 5) is 2.18. The zero-order valence-electron chi connectivity index (χ0n) is 14.2. The number of para-hydroxylation sites is 1. The van der Waals surface area contributed by atoms with E-state index in [1.54, 1.807) is 6.07 Å². The summed E-state index contributed by atoms with van der Waals surface area (Å²) in [5, 5.41) is 0. The van der Waals surface area contributed by atoms with Crippen molar-refractivity contribution in [1.29, 1.82) is 0 Å². The van der Waals surface area contributed by atoms with Crippen molar-refractivity contribution in [3.63, 3.8) is 0 Å². The normalized spacial score (nSPS) is 10.8. The molecule has 0 aliphatic carbocycles. The van der Waals surface area contributed by atoms with E-state index in [2.05, 4.69) is 19.0 Å². The first-order valence-corrected chi connectivity index (χ1v) is 7.95. The Morgan fingerprint density at radius 3 is 2.54 bits per heavy atom. The number of ether oxygens (including phenoxy) is 1. The molecule has 0 heterocycles. The van der Waals surface area contributed by atoms with Gasteiger partial charge in [-0.25, -0.2) is 4.39 Å². The van der Waals surface area contributed by atoms with Crippen molar-refractivity contribution in [3.8, 4) is 5.75 Å². The topological polar surface area (TPSA) is 12.5 Å². The lowest BCUT2D eigenvalue weighted by Gasteiger charge is -2.11. The molecule has 0 amide bonds. The molecule has 2 nitrogen and oxygen atoms in total. The van der Waals surface area contributed by atoms with Gasteiger partial charge in [0.1, 0.15) is 11.6 Å². The van der Waals surface area contributed by atoms with Crippen LogP contribution in [0.1, 0.15) is 24.0 Å². The van der Waals surface area contributed by atoms with Crippen LogP contribution in [0.4, 0.5) is 4.39 Å². The predicted octanol–water partition coefficient (Wildman–Crippen LogP) is 5.14. The average molecular weight is 350 g/mol. The third-order valence-electron chi connectivity index (χ3n) is 3.48. The van der Waals surface area contributed by atoms with E-state index in [4.69, 9.17) is 4.74 Å². The Labute approximate surface area is 150 Å². The Hall–Kier alpha value is -1.84. The summed E-state index contributed by atoms with van der Waals surface area (Å²) in [5.41, 5.74) is 1.84. The van der Waals surface area contributed by atoms with Crippen molar-refractivity contribution in [2.45, 2.75) is 12.8 Å². The summed E-state index contributed by atoms with van der Waals surface area (Å²) in [6.07, 6.45) is 6.01. The molecule has 2 aromatic carbocycles. The Morgan fingerprint density at radius 2 is 1.79 bits per heavy atom. The Bertz CT molecular complexity index is 643. The largest absolute Gasteiger partial charge is 0.493 e. The van der Waals surface area contributed by atoms with Gasteiger partial charge >= 0.3 is 0 Å². The van der Waals surface area contributed by atoms with Crippen molar-refractivity contribution < 1.29 is 9.13 Å². The van der Waals surface area contributed by atoms with Crippen molar-refractivity contribution in [2.75, 3.05) is 27.2 Å². The van der Waals surface area contributed by atoms with E-state index in [0.29, 0.717) is 6.61 Å². The Balaban J connectivity index is 0.00000288. The van der Waals surface area contributed by atoms with Gasteiger partial charge in [-0.1, -0.05) is 42.5 Å². The third-order valence-corrected chi connectivity index (χ3v) is 3.48. The second kappa shape index (κ2) is 10.8. The van der Waals surface area contributed by atoms with Gasteiger partial charge in [0.25, 0.3) is 0 Å². The Kier molecular flexibility index (Phi) is 9.13. The maximum absolute atomic E-state index is 13.2. The number of hydrogen-bond acceptors (Lipinski definition) is 2. The standard InChI is InChI=1S/C20H24FNO.ClH/c1-22(2)14-5-6-15-23-20-11-4-3-9-18(20)13-12-17-8-7-10-19(21)16-17;/h3-4,7-13,16H,5-6,14-15H2,1-2H3;1H/b13-12+;. The van der Waals surface area contributed by atoms with Crippen LogP contribution in [0, 0.1) is 5.82 Å². The van der Waals surface area contributed by atoms with E-state index >= 15 is 0 Å². The van der Waals surface area contributed by atoms with Gasteiger partial charge in [0, 0.05) is 5.56 Å². The highest BCUT2D eigenvalue weighted by molar-refractivity contribution is 5.85. The first kappa shape index (κ1) is 20.2. The lowest BCUT2D eigenvalue weighted by molar-refractivity contribution is 0.292. The minimum atomic E-state index is -0.224. The summed E-state index contributed by atoms with van der Waals surface area (Å²) in [6, 6.07) is 14.5. The van der Waals surface area contributed by atoms with E-state index in [1.165, 1.54) is 12.1 Å². The van der Waals surface area contributed by atoms with E-state index in [0.717, 1.165) is 36.3 Å². The lowest BCUT2D eigenvalue weighted by Crippen LogP contribution is -2.13. The monoisotopic (exact) mass is 349 g/mol. The molecule has 0 bridgehead atoms. The van der Waals surface area contributed by atoms with Crippen LogP contribution in [0.2, 0.25) is 0 Å². The number of benzene rings is 2. The predicted molar refractivity (Wildman–Crippen MR) is 102 cm³/mol. The summed E-state index contributed by atoms with van der Waals surface area (Å²) in [6.45, 7) is 1.78. The first-order chi connectivity index (χ1) is 11.1. The zero-order chi connectivity index (χ0) is 16.5. The quantitative estimate of drug-likeness (QED) is 0.483. The molecule has 0 atom stereocenters. The summed E-state index contributed by atoms with van der Waals surface area (Å²) < 4.78 is 19.1. The van der Waals surface area contributed by atoms with Crippen LogP contribution >= 0.6 is 12.4 Å². The van der Waals surface area contributed by atoms with E-state index in [1.807, 2.05) is 42.5 Å². The smallest absolute Gasteiger partial charge is 0.126 e. The number of rotatable bonds is 8. The molecule has 0 spiro atoms. The first-order valence-electron chi connectivity index (χ1n) is 7.95. The molecule has 0 aliphatic rings. The molecule has 0 N–H and O–H groups in total. The molecule has 0 unspecified atom stereocenters. The van der Waals surface area contributed by atoms with Gasteiger partial charge in [-0.15, -0.1) is 12.4 Å². The number of halogens is 2. The molecule has 2 aromatic rings. The van der Waals surface area contributed by atoms with Crippen molar-refractivity contribution in [2.24, 2.45) is 0 Å². The summed E-state index contributed by atoms with van der Waals surface area (Å²) in [7, 11) is 4.15. The molecule has 0 saturated heterocycles. The van der Waals surface area contributed by atoms with Crippen molar-refractivity contribution in [3.05, 3.63) is 65.5 Å². The van der Waals surface area contributed by atoms with Crippen LogP contribution in [0.15, 0.2) is 48.5 Å². The van der Waals surface area contributed by atoms with Gasteiger partial charge in [0.05, 0.1) is 6.61 Å². The van der Waals surface area contributed by atoms with Crippen LogP contribution in [0.25, 0.3) is 12.2 Å². The number of unbranched alkanes of at least 4 members (excludes halogenated alkanes) is 1. The fraction of sp³-hybridized carbons (Fsp3) is 0.300. The van der Waals surface area contributed by atoms with Crippen LogP contribution in [0.5, 0.6) is 5.75 Å². The highest BCUT2D eigenvalue weighted by atomic mass is 35.5. The maximum atomic E-state index is 13.2. The molecule has 0 saturated carbocycles. The molecule has 24 heavy (non-hydrogen) atoms. The van der Waals surface area contributed by atoms with Gasteiger partial charge < -0.3 is 9.64 Å². The van der Waals surface area contributed by atoms with Crippen molar-refractivity contribution >= 4 is 24.6 Å². The SMILES string of the molecule is CN(C)CCCCOc1ccccc1/C=C/c1cccc(F)c1.Cl. The number of hydrogen-bond donors (Lipinski definition) is 0. The van der Waals surface area contributed by atoms with Gasteiger partial charge in [-0.2, -0.15) is 0 Å². The highest BCUT2D eigenvalue weighted by Gasteiger charge is 2.00. The van der Waals surface area contributed by atoms with E-state index < -0.39 is 0 Å². The second-order valence-electron chi connectivity index (χ2n) is 5.79. The van der Waals surface area contributed by atoms with Gasteiger partial charge in [0.2, 0.25) is 0 Å². The molecule has 0 aromatic heterocycles. The van der Waals surface area contributed by atoms with Gasteiger partial charge in [-0.3, -0.25) is 0 Å². The fourth-order valence-corrected chi connectivity index (χ4v) is 2.26. The van der Waals surface area contributed by atoms with E-state index in [-0.39, 0.29) is 18.2 Å². The minimum absolute atomic E-state index is 0. The molecule has 4 heteroatoms. The van der Waals surface area contributed by atoms with Crippen molar-refractivity contribution in [1.82, 2.24) is 4.90 Å². The third kappa shape index (κ3) is 7.16. The zero-order valence-corrected chi connectivity index (χ0v) is 15.1. The van der Waals surface area contributed by atoms with Gasteiger partial charge in [-0.05, 0) is 57.2 Å². The van der Waals surface area contributed by atoms with Crippen LogP contribution < -0.4 is 4.74 Å². The minimum Gasteiger partial charge on any atom is -0.493 e. The summed E-state index contributed by atoms with van der Waals surface area (Å²) in [5.74, 6) is 0.641. The number of nitrogens with zero attached hydrogens (tertiary/aromatic N) is 1. The lowest BCUT2D eigenvalue weighted by atomic mass is 10.1. The van der Waals surface area contributed by atoms with Crippen LogP contribution in [-0.4, -0.2) is 32.1 Å². The van der Waals surface area contributed by atoms with Crippen LogP contribution in [0.3, 0.4) is 0 Å². The van der Waals surface area contributed by atoms with Crippen LogP contribution in [-0.2, 0) is 0 Å². The molecular formula is C20H25ClFNO. The summed E-state index contributed by atoms with van der Waals surface area (Å²) >= 11 is 0. The highest BCUT2D eigenvalue weighted by Crippen LogP contribution is 2.21.